The summed E-state index contributed by atoms with van der Waals surface area (Å²) in [6.45, 7) is 0.409. The summed E-state index contributed by atoms with van der Waals surface area (Å²) in [7, 11) is -2.29. The summed E-state index contributed by atoms with van der Waals surface area (Å²) in [6, 6.07) is 6.41. The van der Waals surface area contributed by atoms with Crippen molar-refractivity contribution in [3.63, 3.8) is 0 Å². The highest BCUT2D eigenvalue weighted by molar-refractivity contribution is 7.94. The number of pyridine rings is 1. The van der Waals surface area contributed by atoms with E-state index in [0.717, 1.165) is 0 Å². The summed E-state index contributed by atoms with van der Waals surface area (Å²) in [4.78, 5) is 15.8. The van der Waals surface area contributed by atoms with Gasteiger partial charge in [0.1, 0.15) is 9.90 Å². The van der Waals surface area contributed by atoms with Gasteiger partial charge in [-0.2, -0.15) is 0 Å². The van der Waals surface area contributed by atoms with Gasteiger partial charge in [0.05, 0.1) is 18.5 Å². The van der Waals surface area contributed by atoms with Gasteiger partial charge in [-0.15, -0.1) is 11.3 Å². The zero-order valence-electron chi connectivity index (χ0n) is 11.9. The fraction of sp³-hybridized carbons (Fsp3) is 0.286. The number of rotatable bonds is 3. The van der Waals surface area contributed by atoms with Crippen LogP contribution in [0.4, 0.5) is 5.69 Å². The lowest BCUT2D eigenvalue weighted by Crippen LogP contribution is -2.35. The van der Waals surface area contributed by atoms with Crippen LogP contribution in [0.1, 0.15) is 22.6 Å². The van der Waals surface area contributed by atoms with Crippen LogP contribution in [0.15, 0.2) is 33.9 Å². The Morgan fingerprint density at radius 3 is 2.86 bits per heavy atom. The van der Waals surface area contributed by atoms with E-state index in [1.54, 1.807) is 23.6 Å². The maximum atomic E-state index is 12.7. The van der Waals surface area contributed by atoms with Crippen LogP contribution in [-0.4, -0.2) is 33.0 Å². The molecule has 0 amide bonds. The average Bonchev–Trinajstić information content (AvgIpc) is 3.08. The number of ether oxygens (including phenoxy) is 1. The lowest BCUT2D eigenvalue weighted by atomic mass is 10.1. The third-order valence-corrected chi connectivity index (χ3v) is 6.61. The summed E-state index contributed by atoms with van der Waals surface area (Å²) in [5, 5.41) is 1.73. The Hall–Kier alpha value is -1.93. The molecular formula is C14H14N2O4S2. The van der Waals surface area contributed by atoms with E-state index in [2.05, 4.69) is 9.72 Å². The molecule has 0 bridgehead atoms. The zero-order chi connectivity index (χ0) is 15.7. The molecule has 2 aromatic heterocycles. The number of thiophene rings is 1. The number of carbonyl (C=O) groups is 1. The van der Waals surface area contributed by atoms with Crippen LogP contribution in [0.3, 0.4) is 0 Å². The van der Waals surface area contributed by atoms with Gasteiger partial charge in [0.2, 0.25) is 0 Å². The number of carbonyl (C=O) groups excluding carboxylic acids is 1. The van der Waals surface area contributed by atoms with Crippen molar-refractivity contribution in [1.29, 1.82) is 0 Å². The Labute approximate surface area is 132 Å². The number of nitrogens with zero attached hydrogens (tertiary/aromatic N) is 2. The summed E-state index contributed by atoms with van der Waals surface area (Å²) in [5.41, 5.74) is 1.33. The van der Waals surface area contributed by atoms with Crippen molar-refractivity contribution in [3.8, 4) is 0 Å². The molecule has 0 fully saturated rings. The molecule has 22 heavy (non-hydrogen) atoms. The molecule has 6 nitrogen and oxygen atoms in total. The van der Waals surface area contributed by atoms with Crippen molar-refractivity contribution < 1.29 is 17.9 Å². The van der Waals surface area contributed by atoms with Gasteiger partial charge < -0.3 is 4.74 Å². The third-order valence-electron chi connectivity index (χ3n) is 3.43. The number of anilines is 1. The van der Waals surface area contributed by atoms with E-state index in [1.807, 2.05) is 0 Å². The number of aryl methyl sites for hydroxylation is 1. The Bertz CT molecular complexity index is 800. The van der Waals surface area contributed by atoms with E-state index in [0.29, 0.717) is 35.0 Å². The van der Waals surface area contributed by atoms with Crippen molar-refractivity contribution in [1.82, 2.24) is 4.98 Å². The molecular weight excluding hydrogens is 324 g/mol. The van der Waals surface area contributed by atoms with Gasteiger partial charge >= 0.3 is 5.97 Å². The minimum absolute atomic E-state index is 0.191. The largest absolute Gasteiger partial charge is 0.464 e. The fourth-order valence-corrected chi connectivity index (χ4v) is 5.04. The first-order chi connectivity index (χ1) is 10.5. The lowest BCUT2D eigenvalue weighted by molar-refractivity contribution is 0.0593. The lowest BCUT2D eigenvalue weighted by Gasteiger charge is -2.29. The van der Waals surface area contributed by atoms with E-state index >= 15 is 0 Å². The monoisotopic (exact) mass is 338 g/mol. The van der Waals surface area contributed by atoms with E-state index in [9.17, 15) is 13.2 Å². The molecule has 0 atom stereocenters. The first-order valence-corrected chi connectivity index (χ1v) is 9.00. The molecule has 2 aromatic rings. The minimum Gasteiger partial charge on any atom is -0.464 e. The standard InChI is InChI=1S/C14H14N2O4S2/c1-20-14(17)11-6-7-12-10(15-11)4-2-8-16(12)22(18,19)13-5-3-9-21-13/h3,5-7,9H,2,4,8H2,1H3. The molecule has 0 radical (unpaired) electrons. The summed E-state index contributed by atoms with van der Waals surface area (Å²) in [5.74, 6) is -0.527. The third kappa shape index (κ3) is 2.48. The molecule has 0 unspecified atom stereocenters. The number of esters is 1. The van der Waals surface area contributed by atoms with Crippen LogP contribution < -0.4 is 4.31 Å². The quantitative estimate of drug-likeness (QED) is 0.801. The second kappa shape index (κ2) is 5.69. The van der Waals surface area contributed by atoms with E-state index in [-0.39, 0.29) is 5.69 Å². The smallest absolute Gasteiger partial charge is 0.356 e. The van der Waals surface area contributed by atoms with E-state index in [4.69, 9.17) is 0 Å². The Balaban J connectivity index is 2.04. The summed E-state index contributed by atoms with van der Waals surface area (Å²) in [6.07, 6.45) is 1.30. The van der Waals surface area contributed by atoms with Crippen LogP contribution in [0.5, 0.6) is 0 Å². The minimum atomic E-state index is -3.58. The van der Waals surface area contributed by atoms with Crippen LogP contribution in [0.2, 0.25) is 0 Å². The topological polar surface area (TPSA) is 76.6 Å². The van der Waals surface area contributed by atoms with Crippen LogP contribution in [0, 0.1) is 0 Å². The highest BCUT2D eigenvalue weighted by Gasteiger charge is 2.31. The predicted octanol–water partition coefficient (Wildman–Crippen LogP) is 2.07. The van der Waals surface area contributed by atoms with Crippen molar-refractivity contribution >= 4 is 33.0 Å². The normalized spacial score (nSPS) is 14.5. The van der Waals surface area contributed by atoms with Gasteiger partial charge in [-0.1, -0.05) is 6.07 Å². The summed E-state index contributed by atoms with van der Waals surface area (Å²) >= 11 is 1.19. The number of aromatic nitrogens is 1. The molecule has 116 valence electrons. The molecule has 0 aliphatic carbocycles. The molecule has 0 N–H and O–H groups in total. The van der Waals surface area contributed by atoms with Gasteiger partial charge in [0.15, 0.2) is 0 Å². The van der Waals surface area contributed by atoms with Gasteiger partial charge in [-0.05, 0) is 36.4 Å². The SMILES string of the molecule is COC(=O)c1ccc2c(n1)CCCN2S(=O)(=O)c1cccs1. The first-order valence-electron chi connectivity index (χ1n) is 6.68. The average molecular weight is 338 g/mol. The molecule has 1 aliphatic rings. The number of sulfonamides is 1. The second-order valence-corrected chi connectivity index (χ2v) is 7.80. The van der Waals surface area contributed by atoms with Crippen LogP contribution in [0.25, 0.3) is 0 Å². The molecule has 0 saturated carbocycles. The van der Waals surface area contributed by atoms with Gasteiger partial charge in [-0.3, -0.25) is 4.31 Å². The highest BCUT2D eigenvalue weighted by atomic mass is 32.2. The van der Waals surface area contributed by atoms with Crippen LogP contribution >= 0.6 is 11.3 Å². The molecule has 1 aliphatic heterocycles. The first kappa shape index (κ1) is 15.0. The Kier molecular flexibility index (Phi) is 3.88. The maximum absolute atomic E-state index is 12.7. The van der Waals surface area contributed by atoms with Crippen molar-refractivity contribution in [3.05, 3.63) is 41.0 Å². The molecule has 0 saturated heterocycles. The van der Waals surface area contributed by atoms with Crippen molar-refractivity contribution in [2.75, 3.05) is 18.0 Å². The van der Waals surface area contributed by atoms with Crippen molar-refractivity contribution in [2.45, 2.75) is 17.1 Å². The molecule has 3 rings (SSSR count). The zero-order valence-corrected chi connectivity index (χ0v) is 13.5. The maximum Gasteiger partial charge on any atom is 0.356 e. The molecule has 8 heteroatoms. The highest BCUT2D eigenvalue weighted by Crippen LogP contribution is 2.32. The molecule has 3 heterocycles. The number of hydrogen-bond acceptors (Lipinski definition) is 6. The van der Waals surface area contributed by atoms with Crippen LogP contribution in [-0.2, 0) is 21.2 Å². The Morgan fingerprint density at radius 2 is 2.18 bits per heavy atom. The van der Waals surface area contributed by atoms with E-state index < -0.39 is 16.0 Å². The van der Waals surface area contributed by atoms with Gasteiger partial charge in [0.25, 0.3) is 10.0 Å². The second-order valence-electron chi connectivity index (χ2n) is 4.77. The van der Waals surface area contributed by atoms with Gasteiger partial charge in [0, 0.05) is 6.54 Å². The Morgan fingerprint density at radius 1 is 1.36 bits per heavy atom. The summed E-state index contributed by atoms with van der Waals surface area (Å²) < 4.78 is 31.7. The molecule has 0 spiro atoms. The number of methoxy groups -OCH3 is 1. The fourth-order valence-electron chi connectivity index (χ4n) is 2.40. The van der Waals surface area contributed by atoms with Crippen molar-refractivity contribution in [2.24, 2.45) is 0 Å². The van der Waals surface area contributed by atoms with Gasteiger partial charge in [-0.25, -0.2) is 18.2 Å². The number of hydrogen-bond donors (Lipinski definition) is 0. The molecule has 0 aromatic carbocycles. The predicted molar refractivity (Wildman–Crippen MR) is 82.7 cm³/mol. The number of fused-ring (bicyclic) bond motifs is 1. The van der Waals surface area contributed by atoms with E-state index in [1.165, 1.54) is 28.8 Å².